The molecule has 0 atom stereocenters. The van der Waals surface area contributed by atoms with Crippen LogP contribution in [0.25, 0.3) is 0 Å². The minimum Gasteiger partial charge on any atom is -0.508 e. The lowest BCUT2D eigenvalue weighted by molar-refractivity contribution is 0.0149. The van der Waals surface area contributed by atoms with Crippen LogP contribution in [0.3, 0.4) is 0 Å². The summed E-state index contributed by atoms with van der Waals surface area (Å²) in [6, 6.07) is 7.06. The highest BCUT2D eigenvalue weighted by Gasteiger charge is 2.29. The summed E-state index contributed by atoms with van der Waals surface area (Å²) < 4.78 is 0. The van der Waals surface area contributed by atoms with Crippen LogP contribution in [0.15, 0.2) is 24.3 Å². The van der Waals surface area contributed by atoms with Crippen LogP contribution in [0.2, 0.25) is 0 Å². The van der Waals surface area contributed by atoms with E-state index in [2.05, 4.69) is 0 Å². The molecule has 2 nitrogen and oxygen atoms in total. The second kappa shape index (κ2) is 5.17. The highest BCUT2D eigenvalue weighted by molar-refractivity contribution is 5.36. The second-order valence-corrected chi connectivity index (χ2v) is 4.05. The number of hydrogen-bond donors (Lipinski definition) is 2. The van der Waals surface area contributed by atoms with Crippen LogP contribution >= 0.6 is 0 Å². The summed E-state index contributed by atoms with van der Waals surface area (Å²) in [5, 5.41) is 20.2. The van der Waals surface area contributed by atoms with E-state index >= 15 is 0 Å². The molecule has 15 heavy (non-hydrogen) atoms. The summed E-state index contributed by atoms with van der Waals surface area (Å²) >= 11 is 0. The van der Waals surface area contributed by atoms with E-state index in [1.165, 1.54) is 0 Å². The van der Waals surface area contributed by atoms with E-state index in [1.807, 2.05) is 19.9 Å². The Hall–Kier alpha value is -1.02. The van der Waals surface area contributed by atoms with Crippen molar-refractivity contribution in [1.29, 1.82) is 0 Å². The van der Waals surface area contributed by atoms with Crippen molar-refractivity contribution in [3.05, 3.63) is 29.8 Å². The highest BCUT2D eigenvalue weighted by Crippen LogP contribution is 2.36. The Balaban J connectivity index is 3.03. The molecule has 0 saturated heterocycles. The first kappa shape index (κ1) is 12.1. The molecule has 1 aromatic rings. The van der Waals surface area contributed by atoms with Crippen molar-refractivity contribution < 1.29 is 10.2 Å². The fourth-order valence-corrected chi connectivity index (χ4v) is 2.09. The Bertz CT molecular complexity index is 301. The molecule has 0 aliphatic heterocycles. The van der Waals surface area contributed by atoms with Gasteiger partial charge in [0.15, 0.2) is 0 Å². The molecule has 2 N–H and O–H groups in total. The maximum atomic E-state index is 10.5. The Labute approximate surface area is 91.6 Å². The third kappa shape index (κ3) is 2.72. The first-order chi connectivity index (χ1) is 7.14. The first-order valence-corrected chi connectivity index (χ1v) is 5.65. The lowest BCUT2D eigenvalue weighted by Crippen LogP contribution is -2.25. The van der Waals surface area contributed by atoms with E-state index in [0.29, 0.717) is 18.4 Å². The third-order valence-electron chi connectivity index (χ3n) is 2.73. The molecule has 0 heterocycles. The van der Waals surface area contributed by atoms with Gasteiger partial charge in [-0.2, -0.15) is 0 Å². The van der Waals surface area contributed by atoms with E-state index in [0.717, 1.165) is 12.8 Å². The van der Waals surface area contributed by atoms with Crippen LogP contribution < -0.4 is 0 Å². The Morgan fingerprint density at radius 3 is 2.07 bits per heavy atom. The standard InChI is InChI=1S/C13H20O2/c1-3-9-13(15,10-4-2)11-7-5-6-8-12(11)14/h5-8,14-15H,3-4,9-10H2,1-2H3. The molecular formula is C13H20O2. The van der Waals surface area contributed by atoms with Crippen LogP contribution in [-0.2, 0) is 5.60 Å². The molecule has 0 radical (unpaired) electrons. The maximum absolute atomic E-state index is 10.5. The molecule has 0 unspecified atom stereocenters. The highest BCUT2D eigenvalue weighted by atomic mass is 16.3. The Morgan fingerprint density at radius 2 is 1.60 bits per heavy atom. The van der Waals surface area contributed by atoms with Crippen molar-refractivity contribution in [2.24, 2.45) is 0 Å². The van der Waals surface area contributed by atoms with E-state index in [1.54, 1.807) is 18.2 Å². The molecule has 0 saturated carbocycles. The molecule has 2 heteroatoms. The number of phenols is 1. The summed E-state index contributed by atoms with van der Waals surface area (Å²) in [5.74, 6) is 0.196. The van der Waals surface area contributed by atoms with E-state index in [4.69, 9.17) is 0 Å². The largest absolute Gasteiger partial charge is 0.508 e. The zero-order valence-electron chi connectivity index (χ0n) is 9.53. The number of para-hydroxylation sites is 1. The quantitative estimate of drug-likeness (QED) is 0.780. The molecule has 0 amide bonds. The van der Waals surface area contributed by atoms with Gasteiger partial charge in [0.1, 0.15) is 5.75 Å². The van der Waals surface area contributed by atoms with Crippen molar-refractivity contribution in [2.75, 3.05) is 0 Å². The van der Waals surface area contributed by atoms with Crippen LogP contribution in [0.1, 0.15) is 45.1 Å². The minimum atomic E-state index is -0.866. The van der Waals surface area contributed by atoms with E-state index < -0.39 is 5.60 Å². The van der Waals surface area contributed by atoms with Gasteiger partial charge in [0, 0.05) is 5.56 Å². The monoisotopic (exact) mass is 208 g/mol. The van der Waals surface area contributed by atoms with Gasteiger partial charge in [-0.05, 0) is 18.9 Å². The summed E-state index contributed by atoms with van der Waals surface area (Å²) in [5.41, 5.74) is -0.205. The Kier molecular flexibility index (Phi) is 4.15. The van der Waals surface area contributed by atoms with E-state index in [9.17, 15) is 10.2 Å². The topological polar surface area (TPSA) is 40.5 Å². The molecule has 0 fully saturated rings. The van der Waals surface area contributed by atoms with Gasteiger partial charge in [-0.25, -0.2) is 0 Å². The van der Waals surface area contributed by atoms with Crippen molar-refractivity contribution in [1.82, 2.24) is 0 Å². The normalized spacial score (nSPS) is 11.7. The van der Waals surface area contributed by atoms with Gasteiger partial charge < -0.3 is 10.2 Å². The van der Waals surface area contributed by atoms with Crippen LogP contribution in [0, 0.1) is 0 Å². The summed E-state index contributed by atoms with van der Waals surface area (Å²) in [7, 11) is 0. The smallest absolute Gasteiger partial charge is 0.121 e. The van der Waals surface area contributed by atoms with Crippen LogP contribution in [0.4, 0.5) is 0 Å². The molecule has 84 valence electrons. The molecule has 1 aromatic carbocycles. The van der Waals surface area contributed by atoms with Crippen molar-refractivity contribution in [3.63, 3.8) is 0 Å². The fourth-order valence-electron chi connectivity index (χ4n) is 2.09. The fraction of sp³-hybridized carbons (Fsp3) is 0.538. The predicted molar refractivity (Wildman–Crippen MR) is 61.8 cm³/mol. The van der Waals surface area contributed by atoms with Gasteiger partial charge in [0.2, 0.25) is 0 Å². The predicted octanol–water partition coefficient (Wildman–Crippen LogP) is 3.18. The maximum Gasteiger partial charge on any atom is 0.121 e. The zero-order valence-corrected chi connectivity index (χ0v) is 9.53. The van der Waals surface area contributed by atoms with Gasteiger partial charge in [0.05, 0.1) is 5.60 Å². The zero-order chi connectivity index (χ0) is 11.3. The second-order valence-electron chi connectivity index (χ2n) is 4.05. The van der Waals surface area contributed by atoms with Crippen LogP contribution in [0.5, 0.6) is 5.75 Å². The number of benzene rings is 1. The lowest BCUT2D eigenvalue weighted by atomic mass is 9.85. The third-order valence-corrected chi connectivity index (χ3v) is 2.73. The molecule has 1 rings (SSSR count). The van der Waals surface area contributed by atoms with Crippen molar-refractivity contribution >= 4 is 0 Å². The van der Waals surface area contributed by atoms with Gasteiger partial charge in [-0.1, -0.05) is 44.9 Å². The molecule has 0 aliphatic carbocycles. The number of rotatable bonds is 5. The summed E-state index contributed by atoms with van der Waals surface area (Å²) in [6.07, 6.45) is 3.20. The SMILES string of the molecule is CCCC(O)(CCC)c1ccccc1O. The number of hydrogen-bond acceptors (Lipinski definition) is 2. The lowest BCUT2D eigenvalue weighted by Gasteiger charge is -2.28. The van der Waals surface area contributed by atoms with Gasteiger partial charge in [0.25, 0.3) is 0 Å². The minimum absolute atomic E-state index is 0.196. The molecular weight excluding hydrogens is 188 g/mol. The van der Waals surface area contributed by atoms with Crippen molar-refractivity contribution in [3.8, 4) is 5.75 Å². The average molecular weight is 208 g/mol. The summed E-state index contributed by atoms with van der Waals surface area (Å²) in [4.78, 5) is 0. The molecule has 0 spiro atoms. The first-order valence-electron chi connectivity index (χ1n) is 5.65. The van der Waals surface area contributed by atoms with Crippen LogP contribution in [-0.4, -0.2) is 10.2 Å². The van der Waals surface area contributed by atoms with Gasteiger partial charge in [-0.3, -0.25) is 0 Å². The molecule has 0 aromatic heterocycles. The van der Waals surface area contributed by atoms with E-state index in [-0.39, 0.29) is 5.75 Å². The average Bonchev–Trinajstić information content (AvgIpc) is 2.19. The Morgan fingerprint density at radius 1 is 1.07 bits per heavy atom. The molecule has 0 bridgehead atoms. The summed E-state index contributed by atoms with van der Waals surface area (Å²) in [6.45, 7) is 4.08. The number of aliphatic hydroxyl groups is 1. The number of aromatic hydroxyl groups is 1. The molecule has 0 aliphatic rings. The van der Waals surface area contributed by atoms with Gasteiger partial charge in [-0.15, -0.1) is 0 Å². The van der Waals surface area contributed by atoms with Gasteiger partial charge >= 0.3 is 0 Å². The number of phenolic OH excluding ortho intramolecular Hbond substituents is 1. The van der Waals surface area contributed by atoms with Crippen molar-refractivity contribution in [2.45, 2.75) is 45.1 Å².